The molecule has 0 spiro atoms. The molecule has 18 heavy (non-hydrogen) atoms. The van der Waals surface area contributed by atoms with Gasteiger partial charge in [0.05, 0.1) is 0 Å². The van der Waals surface area contributed by atoms with Gasteiger partial charge in [0, 0.05) is 6.54 Å². The van der Waals surface area contributed by atoms with Gasteiger partial charge in [-0.15, -0.1) is 0 Å². The van der Waals surface area contributed by atoms with E-state index < -0.39 is 0 Å². The molecule has 0 radical (unpaired) electrons. The Bertz CT molecular complexity index is 525. The molecule has 1 nitrogen and oxygen atoms in total. The largest absolute Gasteiger partial charge is 0.316 e. The van der Waals surface area contributed by atoms with Gasteiger partial charge in [0.15, 0.2) is 0 Å². The zero-order chi connectivity index (χ0) is 12.4. The van der Waals surface area contributed by atoms with Crippen LogP contribution in [0.5, 0.6) is 0 Å². The molecule has 1 fully saturated rings. The Morgan fingerprint density at radius 1 is 1.06 bits per heavy atom. The van der Waals surface area contributed by atoms with Gasteiger partial charge in [0.1, 0.15) is 0 Å². The van der Waals surface area contributed by atoms with Gasteiger partial charge in [-0.1, -0.05) is 48.5 Å². The van der Waals surface area contributed by atoms with Crippen molar-refractivity contribution in [3.05, 3.63) is 59.7 Å². The first-order chi connectivity index (χ1) is 8.84. The molecule has 1 heterocycles. The van der Waals surface area contributed by atoms with Gasteiger partial charge < -0.3 is 5.32 Å². The van der Waals surface area contributed by atoms with Crippen LogP contribution >= 0.6 is 0 Å². The summed E-state index contributed by atoms with van der Waals surface area (Å²) in [5.41, 5.74) is 5.53. The fourth-order valence-corrected chi connectivity index (χ4v) is 2.76. The van der Waals surface area contributed by atoms with Crippen molar-refractivity contribution in [2.24, 2.45) is 0 Å². The molecule has 1 saturated heterocycles. The number of hydrogen-bond acceptors (Lipinski definition) is 1. The molecule has 1 aliphatic rings. The Labute approximate surface area is 109 Å². The first-order valence-corrected chi connectivity index (χ1v) is 6.71. The summed E-state index contributed by atoms with van der Waals surface area (Å²) < 4.78 is 0. The van der Waals surface area contributed by atoms with Crippen molar-refractivity contribution in [1.82, 2.24) is 5.32 Å². The van der Waals surface area contributed by atoms with E-state index in [1.807, 2.05) is 0 Å². The molecule has 1 unspecified atom stereocenters. The molecule has 2 aromatic rings. The average Bonchev–Trinajstić information content (AvgIpc) is 2.94. The molecule has 0 saturated carbocycles. The van der Waals surface area contributed by atoms with E-state index in [1.54, 1.807) is 0 Å². The van der Waals surface area contributed by atoms with Gasteiger partial charge in [-0.25, -0.2) is 0 Å². The molecule has 1 N–H and O–H groups in total. The normalized spacial score (nSPS) is 19.1. The number of benzene rings is 2. The lowest BCUT2D eigenvalue weighted by Gasteiger charge is -2.13. The van der Waals surface area contributed by atoms with Crippen LogP contribution in [0, 0.1) is 6.92 Å². The summed E-state index contributed by atoms with van der Waals surface area (Å²) >= 11 is 0. The highest BCUT2D eigenvalue weighted by Crippen LogP contribution is 2.29. The van der Waals surface area contributed by atoms with E-state index in [-0.39, 0.29) is 0 Å². The third-order valence-corrected chi connectivity index (χ3v) is 3.88. The highest BCUT2D eigenvalue weighted by molar-refractivity contribution is 5.68. The van der Waals surface area contributed by atoms with Crippen molar-refractivity contribution in [2.45, 2.75) is 19.3 Å². The van der Waals surface area contributed by atoms with E-state index in [9.17, 15) is 0 Å². The predicted octanol–water partition coefficient (Wildman–Crippen LogP) is 3.74. The Kier molecular flexibility index (Phi) is 3.16. The Morgan fingerprint density at radius 2 is 1.89 bits per heavy atom. The maximum Gasteiger partial charge on any atom is 0.00206 e. The van der Waals surface area contributed by atoms with Crippen LogP contribution in [0.4, 0.5) is 0 Å². The van der Waals surface area contributed by atoms with Gasteiger partial charge in [0.25, 0.3) is 0 Å². The van der Waals surface area contributed by atoms with Crippen LogP contribution in [-0.2, 0) is 0 Å². The molecule has 2 aromatic carbocycles. The number of aryl methyl sites for hydroxylation is 1. The molecule has 0 bridgehead atoms. The Hall–Kier alpha value is -1.60. The summed E-state index contributed by atoms with van der Waals surface area (Å²) in [6.07, 6.45) is 1.26. The molecule has 0 aromatic heterocycles. The number of nitrogens with one attached hydrogen (secondary N) is 1. The highest BCUT2D eigenvalue weighted by Gasteiger charge is 2.17. The van der Waals surface area contributed by atoms with Crippen LogP contribution in [0.25, 0.3) is 11.1 Å². The van der Waals surface area contributed by atoms with Gasteiger partial charge in [-0.2, -0.15) is 0 Å². The third kappa shape index (κ3) is 2.19. The van der Waals surface area contributed by atoms with Crippen molar-refractivity contribution in [3.63, 3.8) is 0 Å². The van der Waals surface area contributed by atoms with Crippen molar-refractivity contribution >= 4 is 0 Å². The molecule has 0 aliphatic carbocycles. The molecule has 1 aliphatic heterocycles. The summed E-state index contributed by atoms with van der Waals surface area (Å²) in [6.45, 7) is 4.47. The van der Waals surface area contributed by atoms with Gasteiger partial charge in [-0.05, 0) is 48.1 Å². The SMILES string of the molecule is Cc1ccc(C2CCNC2)cc1-c1ccccc1. The topological polar surface area (TPSA) is 12.0 Å². The molecule has 3 rings (SSSR count). The van der Waals surface area contributed by atoms with Crippen LogP contribution in [0.2, 0.25) is 0 Å². The Balaban J connectivity index is 2.01. The fraction of sp³-hybridized carbons (Fsp3) is 0.294. The fourth-order valence-electron chi connectivity index (χ4n) is 2.76. The van der Waals surface area contributed by atoms with Gasteiger partial charge >= 0.3 is 0 Å². The van der Waals surface area contributed by atoms with Crippen molar-refractivity contribution in [2.75, 3.05) is 13.1 Å². The van der Waals surface area contributed by atoms with E-state index >= 15 is 0 Å². The third-order valence-electron chi connectivity index (χ3n) is 3.88. The zero-order valence-electron chi connectivity index (χ0n) is 10.8. The van der Waals surface area contributed by atoms with Crippen LogP contribution in [0.3, 0.4) is 0 Å². The smallest absolute Gasteiger partial charge is 0.00206 e. The summed E-state index contributed by atoms with van der Waals surface area (Å²) in [5, 5.41) is 3.44. The predicted molar refractivity (Wildman–Crippen MR) is 76.8 cm³/mol. The first kappa shape index (κ1) is 11.5. The second kappa shape index (κ2) is 4.95. The van der Waals surface area contributed by atoms with Crippen LogP contribution in [0.1, 0.15) is 23.5 Å². The number of hydrogen-bond donors (Lipinski definition) is 1. The zero-order valence-corrected chi connectivity index (χ0v) is 10.8. The van der Waals surface area contributed by atoms with Crippen molar-refractivity contribution in [3.8, 4) is 11.1 Å². The van der Waals surface area contributed by atoms with Crippen molar-refractivity contribution in [1.29, 1.82) is 0 Å². The Morgan fingerprint density at radius 3 is 2.61 bits per heavy atom. The van der Waals surface area contributed by atoms with Gasteiger partial charge in [0.2, 0.25) is 0 Å². The first-order valence-electron chi connectivity index (χ1n) is 6.71. The van der Waals surface area contributed by atoms with E-state index in [0.717, 1.165) is 13.1 Å². The molecule has 92 valence electrons. The van der Waals surface area contributed by atoms with Crippen LogP contribution in [-0.4, -0.2) is 13.1 Å². The second-order valence-electron chi connectivity index (χ2n) is 5.13. The molecular weight excluding hydrogens is 218 g/mol. The second-order valence-corrected chi connectivity index (χ2v) is 5.13. The van der Waals surface area contributed by atoms with Crippen LogP contribution in [0.15, 0.2) is 48.5 Å². The lowest BCUT2D eigenvalue weighted by atomic mass is 9.92. The molecule has 1 atom stereocenters. The quantitative estimate of drug-likeness (QED) is 0.839. The summed E-state index contributed by atoms with van der Waals surface area (Å²) in [6, 6.07) is 17.6. The minimum absolute atomic E-state index is 0.688. The van der Waals surface area contributed by atoms with Crippen LogP contribution < -0.4 is 5.32 Å². The standard InChI is InChI=1S/C17H19N/c1-13-7-8-15(16-9-10-18-12-16)11-17(13)14-5-3-2-4-6-14/h2-8,11,16,18H,9-10,12H2,1H3. The minimum atomic E-state index is 0.688. The van der Waals surface area contributed by atoms with E-state index in [0.29, 0.717) is 5.92 Å². The van der Waals surface area contributed by atoms with E-state index in [1.165, 1.54) is 28.7 Å². The summed E-state index contributed by atoms with van der Waals surface area (Å²) in [7, 11) is 0. The molecular formula is C17H19N. The monoisotopic (exact) mass is 237 g/mol. The minimum Gasteiger partial charge on any atom is -0.316 e. The van der Waals surface area contributed by atoms with Crippen molar-refractivity contribution < 1.29 is 0 Å². The molecule has 1 heteroatoms. The highest BCUT2D eigenvalue weighted by atomic mass is 14.9. The lowest BCUT2D eigenvalue weighted by molar-refractivity contribution is 0.763. The summed E-state index contributed by atoms with van der Waals surface area (Å²) in [4.78, 5) is 0. The van der Waals surface area contributed by atoms with Gasteiger partial charge in [-0.3, -0.25) is 0 Å². The number of rotatable bonds is 2. The lowest BCUT2D eigenvalue weighted by Crippen LogP contribution is -2.08. The maximum absolute atomic E-state index is 3.44. The van der Waals surface area contributed by atoms with E-state index in [2.05, 4.69) is 60.8 Å². The summed E-state index contributed by atoms with van der Waals surface area (Å²) in [5.74, 6) is 0.688. The average molecular weight is 237 g/mol. The van der Waals surface area contributed by atoms with E-state index in [4.69, 9.17) is 0 Å². The maximum atomic E-state index is 3.44. The molecule has 0 amide bonds.